The van der Waals surface area contributed by atoms with Crippen LogP contribution >= 0.6 is 11.9 Å². The van der Waals surface area contributed by atoms with E-state index in [4.69, 9.17) is 14.9 Å². The summed E-state index contributed by atoms with van der Waals surface area (Å²) in [5.74, 6) is 1.29. The third-order valence-electron chi connectivity index (χ3n) is 7.52. The summed E-state index contributed by atoms with van der Waals surface area (Å²) < 4.78 is 8.34. The summed E-state index contributed by atoms with van der Waals surface area (Å²) in [5.41, 5.74) is 3.56. The molecule has 0 amide bonds. The summed E-state index contributed by atoms with van der Waals surface area (Å²) in [7, 11) is 1.00. The van der Waals surface area contributed by atoms with Crippen molar-refractivity contribution in [2.45, 2.75) is 68.9 Å². The van der Waals surface area contributed by atoms with E-state index in [2.05, 4.69) is 71.9 Å². The lowest BCUT2D eigenvalue weighted by Gasteiger charge is -2.30. The molecule has 2 N–H and O–H groups in total. The van der Waals surface area contributed by atoms with Gasteiger partial charge < -0.3 is 19.7 Å². The lowest BCUT2D eigenvalue weighted by atomic mass is 10.0. The number of aryl methyl sites for hydroxylation is 1. The molecule has 6 heteroatoms. The Morgan fingerprint density at radius 2 is 1.39 bits per heavy atom. The molecule has 4 aromatic rings. The summed E-state index contributed by atoms with van der Waals surface area (Å²) in [6.45, 7) is 3.06. The standard InChI is InChI=1S/C21H25NO2S.C13H12O.CH4O/c23-15-18-5-3-4-12-22(18)25-21-11-9-16-13-20(10-8-17(16)14-21)24-19-6-1-2-7-19;1-10-2-4-11(5-3-10)12-6-8-13(14)9-7-12;1-2/h8-11,13-15,18-19H,1-7,12H2;2-9,14H,1H3;2H,1H3. The van der Waals surface area contributed by atoms with Crippen molar-refractivity contribution in [1.82, 2.24) is 4.31 Å². The van der Waals surface area contributed by atoms with Crippen LogP contribution in [0.3, 0.4) is 0 Å². The molecule has 5 nitrogen and oxygen atoms in total. The summed E-state index contributed by atoms with van der Waals surface area (Å²) in [4.78, 5) is 12.5. The maximum absolute atomic E-state index is 11.3. The molecule has 4 aromatic carbocycles. The lowest BCUT2D eigenvalue weighted by Crippen LogP contribution is -2.35. The van der Waals surface area contributed by atoms with Gasteiger partial charge >= 0.3 is 0 Å². The number of hydrogen-bond donors (Lipinski definition) is 2. The third-order valence-corrected chi connectivity index (χ3v) is 8.67. The van der Waals surface area contributed by atoms with Crippen molar-refractivity contribution in [3.8, 4) is 22.6 Å². The van der Waals surface area contributed by atoms with Crippen LogP contribution < -0.4 is 4.74 Å². The highest BCUT2D eigenvalue weighted by Gasteiger charge is 2.23. The second kappa shape index (κ2) is 15.6. The van der Waals surface area contributed by atoms with Gasteiger partial charge in [0.15, 0.2) is 0 Å². The number of benzene rings is 4. The molecule has 1 saturated carbocycles. The second-order valence-electron chi connectivity index (χ2n) is 10.5. The molecule has 41 heavy (non-hydrogen) atoms. The van der Waals surface area contributed by atoms with Crippen molar-refractivity contribution in [2.75, 3.05) is 13.7 Å². The Bertz CT molecular complexity index is 1320. The minimum atomic E-state index is 0.0524. The fourth-order valence-corrected chi connectivity index (χ4v) is 6.34. The van der Waals surface area contributed by atoms with E-state index in [1.807, 2.05) is 12.1 Å². The van der Waals surface area contributed by atoms with Crippen LogP contribution in [-0.4, -0.2) is 46.6 Å². The molecule has 2 fully saturated rings. The predicted molar refractivity (Wildman–Crippen MR) is 170 cm³/mol. The summed E-state index contributed by atoms with van der Waals surface area (Å²) in [6.07, 6.45) is 9.74. The van der Waals surface area contributed by atoms with Gasteiger partial charge in [-0.15, -0.1) is 0 Å². The molecule has 0 radical (unpaired) electrons. The molecule has 0 aromatic heterocycles. The van der Waals surface area contributed by atoms with Gasteiger partial charge in [0.25, 0.3) is 0 Å². The normalized spacial score (nSPS) is 17.2. The number of nitrogens with zero attached hydrogens (tertiary/aromatic N) is 1. The number of aliphatic hydroxyl groups is 1. The Morgan fingerprint density at radius 3 is 2.07 bits per heavy atom. The number of fused-ring (bicyclic) bond motifs is 1. The number of phenolic OH excluding ortho intramolecular Hbond substituents is 1. The average Bonchev–Trinajstić information content (AvgIpc) is 3.53. The molecule has 1 aliphatic heterocycles. The van der Waals surface area contributed by atoms with E-state index in [9.17, 15) is 4.79 Å². The molecule has 1 heterocycles. The number of hydrogen-bond acceptors (Lipinski definition) is 6. The molecule has 0 spiro atoms. The van der Waals surface area contributed by atoms with E-state index in [1.54, 1.807) is 24.1 Å². The summed E-state index contributed by atoms with van der Waals surface area (Å²) in [6, 6.07) is 28.6. The topological polar surface area (TPSA) is 70.0 Å². The molecular formula is C35H41NO4S. The fraction of sp³-hybridized carbons (Fsp3) is 0.343. The van der Waals surface area contributed by atoms with Gasteiger partial charge in [0.2, 0.25) is 0 Å². The first-order chi connectivity index (χ1) is 20.1. The van der Waals surface area contributed by atoms with Crippen molar-refractivity contribution < 1.29 is 19.7 Å². The predicted octanol–water partition coefficient (Wildman–Crippen LogP) is 8.20. The van der Waals surface area contributed by atoms with Crippen molar-refractivity contribution in [1.29, 1.82) is 0 Å². The Labute approximate surface area is 248 Å². The zero-order chi connectivity index (χ0) is 29.0. The zero-order valence-corrected chi connectivity index (χ0v) is 24.9. The Balaban J connectivity index is 0.000000205. The highest BCUT2D eigenvalue weighted by Crippen LogP contribution is 2.33. The van der Waals surface area contributed by atoms with Crippen LogP contribution in [0.4, 0.5) is 0 Å². The van der Waals surface area contributed by atoms with E-state index in [1.165, 1.54) is 58.9 Å². The number of phenols is 1. The Hall–Kier alpha value is -3.32. The van der Waals surface area contributed by atoms with E-state index in [0.29, 0.717) is 11.9 Å². The van der Waals surface area contributed by atoms with E-state index < -0.39 is 0 Å². The molecule has 1 saturated heterocycles. The second-order valence-corrected chi connectivity index (χ2v) is 11.7. The number of ether oxygens (including phenoxy) is 1. The largest absolute Gasteiger partial charge is 0.508 e. The minimum absolute atomic E-state index is 0.0524. The van der Waals surface area contributed by atoms with Gasteiger partial charge in [-0.3, -0.25) is 0 Å². The van der Waals surface area contributed by atoms with Gasteiger partial charge in [-0.1, -0.05) is 60.5 Å². The van der Waals surface area contributed by atoms with Gasteiger partial charge in [0.1, 0.15) is 17.8 Å². The van der Waals surface area contributed by atoms with Crippen LogP contribution in [0.5, 0.6) is 11.5 Å². The first-order valence-corrected chi connectivity index (χ1v) is 15.3. The minimum Gasteiger partial charge on any atom is -0.508 e. The van der Waals surface area contributed by atoms with Crippen LogP contribution in [0.25, 0.3) is 21.9 Å². The van der Waals surface area contributed by atoms with Crippen LogP contribution in [0, 0.1) is 6.92 Å². The quantitative estimate of drug-likeness (QED) is 0.180. The number of rotatable bonds is 6. The average molecular weight is 572 g/mol. The molecular weight excluding hydrogens is 530 g/mol. The number of piperidine rings is 1. The van der Waals surface area contributed by atoms with Gasteiger partial charge in [0.05, 0.1) is 12.1 Å². The van der Waals surface area contributed by atoms with Crippen molar-refractivity contribution in [3.05, 3.63) is 90.5 Å². The Kier molecular flexibility index (Phi) is 11.7. The number of carbonyl (C=O) groups is 1. The summed E-state index contributed by atoms with van der Waals surface area (Å²) in [5, 5.41) is 18.6. The van der Waals surface area contributed by atoms with E-state index in [0.717, 1.165) is 44.1 Å². The Morgan fingerprint density at radius 1 is 0.780 bits per heavy atom. The highest BCUT2D eigenvalue weighted by molar-refractivity contribution is 7.97. The number of carbonyl (C=O) groups excluding carboxylic acids is 1. The van der Waals surface area contributed by atoms with Crippen molar-refractivity contribution in [2.24, 2.45) is 0 Å². The highest BCUT2D eigenvalue weighted by atomic mass is 32.2. The van der Waals surface area contributed by atoms with E-state index >= 15 is 0 Å². The van der Waals surface area contributed by atoms with Crippen LogP contribution in [0.15, 0.2) is 89.8 Å². The van der Waals surface area contributed by atoms with Gasteiger partial charge in [0, 0.05) is 18.6 Å². The first kappa shape index (κ1) is 30.6. The number of aromatic hydroxyl groups is 1. The monoisotopic (exact) mass is 571 g/mol. The van der Waals surface area contributed by atoms with Crippen LogP contribution in [0.2, 0.25) is 0 Å². The maximum atomic E-state index is 11.3. The molecule has 2 aliphatic rings. The SMILES string of the molecule is CO.Cc1ccc(-c2ccc(O)cc2)cc1.O=CC1CCCCN1Sc1ccc2cc(OC3CCCC3)ccc2c1. The molecule has 1 atom stereocenters. The molecule has 1 aliphatic carbocycles. The lowest BCUT2D eigenvalue weighted by molar-refractivity contribution is -0.111. The fourth-order valence-electron chi connectivity index (χ4n) is 5.25. The van der Waals surface area contributed by atoms with Gasteiger partial charge in [-0.25, -0.2) is 4.31 Å². The maximum Gasteiger partial charge on any atom is 0.138 e. The van der Waals surface area contributed by atoms with Crippen molar-refractivity contribution >= 4 is 29.0 Å². The number of aliphatic hydroxyl groups excluding tert-OH is 1. The first-order valence-electron chi connectivity index (χ1n) is 14.5. The van der Waals surface area contributed by atoms with Gasteiger partial charge in [-0.2, -0.15) is 0 Å². The van der Waals surface area contributed by atoms with E-state index in [-0.39, 0.29) is 6.04 Å². The zero-order valence-electron chi connectivity index (χ0n) is 24.0. The molecule has 6 rings (SSSR count). The van der Waals surface area contributed by atoms with Crippen LogP contribution in [0.1, 0.15) is 50.5 Å². The van der Waals surface area contributed by atoms with Crippen LogP contribution in [-0.2, 0) is 4.79 Å². The third kappa shape index (κ3) is 8.83. The smallest absolute Gasteiger partial charge is 0.138 e. The molecule has 0 bridgehead atoms. The summed E-state index contributed by atoms with van der Waals surface area (Å²) >= 11 is 1.71. The number of aldehydes is 1. The van der Waals surface area contributed by atoms with Gasteiger partial charge in [-0.05, 0) is 116 Å². The molecule has 216 valence electrons. The van der Waals surface area contributed by atoms with Crippen molar-refractivity contribution in [3.63, 3.8) is 0 Å². The molecule has 1 unspecified atom stereocenters.